The van der Waals surface area contributed by atoms with Crippen molar-refractivity contribution in [2.45, 2.75) is 25.8 Å². The third-order valence-corrected chi connectivity index (χ3v) is 4.62. The number of imide groups is 1. The number of aryl methyl sites for hydroxylation is 1. The van der Waals surface area contributed by atoms with Crippen molar-refractivity contribution in [2.24, 2.45) is 10.2 Å². The van der Waals surface area contributed by atoms with Crippen LogP contribution in [0.15, 0.2) is 52.7 Å². The molecule has 2 aromatic carbocycles. The highest BCUT2D eigenvalue weighted by molar-refractivity contribution is 6.31. The Morgan fingerprint density at radius 1 is 1.17 bits per heavy atom. The van der Waals surface area contributed by atoms with Crippen molar-refractivity contribution >= 4 is 29.3 Å². The molecule has 0 heterocycles. The van der Waals surface area contributed by atoms with Crippen LogP contribution < -0.4 is 0 Å². The first-order valence-corrected chi connectivity index (χ1v) is 9.30. The van der Waals surface area contributed by atoms with E-state index in [1.807, 2.05) is 31.2 Å². The van der Waals surface area contributed by atoms with Crippen LogP contribution in [0.5, 0.6) is 0 Å². The van der Waals surface area contributed by atoms with Gasteiger partial charge in [-0.25, -0.2) is 9.69 Å². The highest BCUT2D eigenvalue weighted by Gasteiger charge is 2.27. The summed E-state index contributed by atoms with van der Waals surface area (Å²) in [6, 6.07) is 14.4. The number of hydrogen-bond donors (Lipinski definition) is 1. The zero-order chi connectivity index (χ0) is 22.3. The number of amides is 2. The van der Waals surface area contributed by atoms with Gasteiger partial charge in [-0.1, -0.05) is 47.5 Å². The predicted molar refractivity (Wildman–Crippen MR) is 109 cm³/mol. The SMILES string of the molecule is CCN(C(=O)O)C(=O)C(C#N)N=Nc1ccc(C(C#N)c2ccc(C)cc2)c(Cl)c1. The van der Waals surface area contributed by atoms with Crippen LogP contribution in [-0.4, -0.2) is 34.6 Å². The van der Waals surface area contributed by atoms with Crippen molar-refractivity contribution in [1.29, 1.82) is 10.5 Å². The zero-order valence-electron chi connectivity index (χ0n) is 16.3. The van der Waals surface area contributed by atoms with Gasteiger partial charge in [0.1, 0.15) is 6.07 Å². The third kappa shape index (κ3) is 5.19. The smallest absolute Gasteiger partial charge is 0.414 e. The number of carboxylic acid groups (broad SMARTS) is 1. The fourth-order valence-electron chi connectivity index (χ4n) is 2.68. The first kappa shape index (κ1) is 22.5. The van der Waals surface area contributed by atoms with E-state index < -0.39 is 24.0 Å². The maximum atomic E-state index is 12.1. The minimum absolute atomic E-state index is 0.114. The van der Waals surface area contributed by atoms with E-state index in [-0.39, 0.29) is 17.3 Å². The highest BCUT2D eigenvalue weighted by atomic mass is 35.5. The highest BCUT2D eigenvalue weighted by Crippen LogP contribution is 2.33. The van der Waals surface area contributed by atoms with E-state index in [0.29, 0.717) is 10.5 Å². The van der Waals surface area contributed by atoms with Crippen LogP contribution in [0.4, 0.5) is 10.5 Å². The average molecular weight is 424 g/mol. The molecule has 8 nitrogen and oxygen atoms in total. The summed E-state index contributed by atoms with van der Waals surface area (Å²) in [5.41, 5.74) is 2.71. The molecule has 2 unspecified atom stereocenters. The summed E-state index contributed by atoms with van der Waals surface area (Å²) in [4.78, 5) is 23.6. The first-order valence-electron chi connectivity index (χ1n) is 8.92. The van der Waals surface area contributed by atoms with E-state index in [9.17, 15) is 14.9 Å². The van der Waals surface area contributed by atoms with E-state index in [2.05, 4.69) is 16.3 Å². The topological polar surface area (TPSA) is 130 Å². The Morgan fingerprint density at radius 3 is 2.33 bits per heavy atom. The summed E-state index contributed by atoms with van der Waals surface area (Å²) in [5.74, 6) is -1.56. The molecule has 0 aliphatic heterocycles. The van der Waals surface area contributed by atoms with E-state index in [4.69, 9.17) is 22.0 Å². The lowest BCUT2D eigenvalue weighted by Gasteiger charge is -2.15. The Morgan fingerprint density at radius 2 is 1.83 bits per heavy atom. The second-order valence-corrected chi connectivity index (χ2v) is 6.70. The fraction of sp³-hybridized carbons (Fsp3) is 0.238. The number of carbonyl (C=O) groups excluding carboxylic acids is 1. The molecule has 0 aliphatic carbocycles. The minimum Gasteiger partial charge on any atom is -0.465 e. The molecule has 152 valence electrons. The van der Waals surface area contributed by atoms with Crippen molar-refractivity contribution in [3.05, 3.63) is 64.2 Å². The lowest BCUT2D eigenvalue weighted by molar-refractivity contribution is -0.129. The molecule has 0 saturated carbocycles. The van der Waals surface area contributed by atoms with Crippen LogP contribution in [0.25, 0.3) is 0 Å². The van der Waals surface area contributed by atoms with Gasteiger partial charge in [-0.3, -0.25) is 4.79 Å². The number of hydrogen-bond acceptors (Lipinski definition) is 6. The molecule has 0 aliphatic rings. The lowest BCUT2D eigenvalue weighted by Crippen LogP contribution is -2.41. The number of halogens is 1. The summed E-state index contributed by atoms with van der Waals surface area (Å²) in [5, 5.41) is 35.5. The Hall–Kier alpha value is -3.75. The molecule has 0 radical (unpaired) electrons. The van der Waals surface area contributed by atoms with Crippen molar-refractivity contribution in [3.8, 4) is 12.1 Å². The molecule has 2 atom stereocenters. The molecule has 0 bridgehead atoms. The van der Waals surface area contributed by atoms with Gasteiger partial charge in [-0.2, -0.15) is 20.8 Å². The molecule has 0 saturated heterocycles. The molecule has 9 heteroatoms. The lowest BCUT2D eigenvalue weighted by atomic mass is 9.92. The molecular formula is C21H18ClN5O3. The summed E-state index contributed by atoms with van der Waals surface area (Å²) in [7, 11) is 0. The maximum Gasteiger partial charge on any atom is 0.414 e. The predicted octanol–water partition coefficient (Wildman–Crippen LogP) is 4.81. The van der Waals surface area contributed by atoms with Gasteiger partial charge < -0.3 is 5.11 Å². The van der Waals surface area contributed by atoms with Crippen molar-refractivity contribution in [3.63, 3.8) is 0 Å². The molecule has 30 heavy (non-hydrogen) atoms. The van der Waals surface area contributed by atoms with Crippen LogP contribution in [0.3, 0.4) is 0 Å². The second-order valence-electron chi connectivity index (χ2n) is 6.29. The molecule has 2 rings (SSSR count). The maximum absolute atomic E-state index is 12.1. The molecule has 0 spiro atoms. The fourth-order valence-corrected chi connectivity index (χ4v) is 2.97. The Balaban J connectivity index is 2.27. The number of rotatable bonds is 6. The summed E-state index contributed by atoms with van der Waals surface area (Å²) in [6.07, 6.45) is -1.47. The zero-order valence-corrected chi connectivity index (χ0v) is 17.0. The molecule has 2 amide bonds. The Bertz CT molecular complexity index is 1050. The molecule has 0 aromatic heterocycles. The first-order chi connectivity index (χ1) is 14.3. The number of nitrogens with zero attached hydrogens (tertiary/aromatic N) is 5. The van der Waals surface area contributed by atoms with Gasteiger partial charge in [0.2, 0.25) is 6.04 Å². The number of carbonyl (C=O) groups is 2. The van der Waals surface area contributed by atoms with Gasteiger partial charge in [0.15, 0.2) is 0 Å². The average Bonchev–Trinajstić information content (AvgIpc) is 2.72. The van der Waals surface area contributed by atoms with Gasteiger partial charge in [0.05, 0.1) is 17.7 Å². The van der Waals surface area contributed by atoms with Gasteiger partial charge in [-0.15, -0.1) is 0 Å². The van der Waals surface area contributed by atoms with E-state index in [1.54, 1.807) is 18.2 Å². The Labute approximate surface area is 178 Å². The van der Waals surface area contributed by atoms with Crippen LogP contribution in [-0.2, 0) is 4.79 Å². The van der Waals surface area contributed by atoms with Gasteiger partial charge in [0.25, 0.3) is 5.91 Å². The number of benzene rings is 2. The summed E-state index contributed by atoms with van der Waals surface area (Å²) in [6.45, 7) is 3.31. The van der Waals surface area contributed by atoms with Crippen LogP contribution >= 0.6 is 11.6 Å². The van der Waals surface area contributed by atoms with Crippen molar-refractivity contribution in [2.75, 3.05) is 6.54 Å². The molecule has 1 N–H and O–H groups in total. The molecule has 2 aromatic rings. The van der Waals surface area contributed by atoms with Gasteiger partial charge in [-0.05, 0) is 37.1 Å². The quantitative estimate of drug-likeness (QED) is 0.666. The number of azo groups is 1. The molecular weight excluding hydrogens is 406 g/mol. The molecule has 0 fully saturated rings. The Kier molecular flexibility index (Phi) is 7.62. The van der Waals surface area contributed by atoms with Crippen LogP contribution in [0, 0.1) is 29.6 Å². The monoisotopic (exact) mass is 423 g/mol. The van der Waals surface area contributed by atoms with Crippen LogP contribution in [0.1, 0.15) is 29.5 Å². The largest absolute Gasteiger partial charge is 0.465 e. The number of likely N-dealkylation sites (N-methyl/N-ethyl adjacent to an activating group) is 1. The summed E-state index contributed by atoms with van der Waals surface area (Å²) >= 11 is 6.34. The number of nitriles is 2. The van der Waals surface area contributed by atoms with Crippen molar-refractivity contribution < 1.29 is 14.7 Å². The van der Waals surface area contributed by atoms with E-state index in [1.165, 1.54) is 13.0 Å². The summed E-state index contributed by atoms with van der Waals surface area (Å²) < 4.78 is 0. The minimum atomic E-state index is -1.60. The third-order valence-electron chi connectivity index (χ3n) is 4.29. The van der Waals surface area contributed by atoms with Crippen molar-refractivity contribution in [1.82, 2.24) is 4.90 Å². The normalized spacial score (nSPS) is 12.6. The van der Waals surface area contributed by atoms with Gasteiger partial charge in [0, 0.05) is 11.6 Å². The van der Waals surface area contributed by atoms with E-state index >= 15 is 0 Å². The second kappa shape index (κ2) is 10.1. The van der Waals surface area contributed by atoms with E-state index in [0.717, 1.165) is 11.1 Å². The van der Waals surface area contributed by atoms with Gasteiger partial charge >= 0.3 is 6.09 Å². The standard InChI is InChI=1S/C21H18ClN5O3/c1-3-27(21(29)30)20(28)19(12-24)26-25-15-8-9-16(18(22)10-15)17(11-23)14-6-4-13(2)5-7-14/h4-10,17,19H,3H2,1-2H3,(H,29,30). The van der Waals surface area contributed by atoms with Crippen LogP contribution in [0.2, 0.25) is 5.02 Å².